The molecule has 1 aromatic carbocycles. The summed E-state index contributed by atoms with van der Waals surface area (Å²) in [7, 11) is 0. The molecule has 0 N–H and O–H groups in total. The zero-order valence-electron chi connectivity index (χ0n) is 11.8. The quantitative estimate of drug-likeness (QED) is 0.781. The van der Waals surface area contributed by atoms with Crippen LogP contribution < -0.4 is 4.74 Å². The molecule has 2 aliphatic heterocycles. The SMILES string of the molecule is CC1Cc2cc(C(=O)c3cc4c(s3)CCSC4)ccc2O1. The summed E-state index contributed by atoms with van der Waals surface area (Å²) in [5, 5.41) is 0. The standard InChI is InChI=1S/C17H16O2S2/c1-10-6-12-7-11(2-3-14(12)19-10)17(18)16-8-13-9-20-5-4-15(13)21-16/h2-3,7-8,10H,4-6,9H2,1H3. The number of carbonyl (C=O) groups excluding carboxylic acids is 1. The highest BCUT2D eigenvalue weighted by Gasteiger charge is 2.22. The van der Waals surface area contributed by atoms with Crippen molar-refractivity contribution in [2.45, 2.75) is 31.6 Å². The first-order chi connectivity index (χ1) is 10.2. The molecule has 1 aromatic heterocycles. The maximum Gasteiger partial charge on any atom is 0.202 e. The van der Waals surface area contributed by atoms with Crippen LogP contribution in [0.15, 0.2) is 24.3 Å². The Kier molecular flexibility index (Phi) is 3.31. The summed E-state index contributed by atoms with van der Waals surface area (Å²) in [5.74, 6) is 3.31. The van der Waals surface area contributed by atoms with Gasteiger partial charge in [-0.15, -0.1) is 11.3 Å². The Morgan fingerprint density at radius 2 is 2.19 bits per heavy atom. The molecule has 4 rings (SSSR count). The number of aryl methyl sites for hydroxylation is 1. The molecule has 0 fully saturated rings. The van der Waals surface area contributed by atoms with Gasteiger partial charge in [-0.05, 0) is 54.5 Å². The maximum atomic E-state index is 12.7. The highest BCUT2D eigenvalue weighted by molar-refractivity contribution is 7.98. The number of benzene rings is 1. The lowest BCUT2D eigenvalue weighted by Gasteiger charge is -2.08. The van der Waals surface area contributed by atoms with Gasteiger partial charge in [0.25, 0.3) is 0 Å². The average Bonchev–Trinajstić information content (AvgIpc) is 3.07. The number of carbonyl (C=O) groups is 1. The Hall–Kier alpha value is -1.26. The van der Waals surface area contributed by atoms with Crippen LogP contribution in [0.5, 0.6) is 5.75 Å². The third-order valence-corrected chi connectivity index (χ3v) is 6.25. The van der Waals surface area contributed by atoms with Gasteiger partial charge >= 0.3 is 0 Å². The van der Waals surface area contributed by atoms with Crippen molar-refractivity contribution in [1.82, 2.24) is 0 Å². The van der Waals surface area contributed by atoms with Gasteiger partial charge < -0.3 is 4.74 Å². The van der Waals surface area contributed by atoms with Crippen molar-refractivity contribution in [1.29, 1.82) is 0 Å². The minimum atomic E-state index is 0.154. The van der Waals surface area contributed by atoms with Gasteiger partial charge in [-0.1, -0.05) is 0 Å². The fourth-order valence-corrected chi connectivity index (χ4v) is 5.30. The maximum absolute atomic E-state index is 12.7. The summed E-state index contributed by atoms with van der Waals surface area (Å²) in [6.07, 6.45) is 2.22. The molecule has 0 saturated carbocycles. The van der Waals surface area contributed by atoms with Crippen LogP contribution in [0.2, 0.25) is 0 Å². The van der Waals surface area contributed by atoms with Crippen LogP contribution in [0.25, 0.3) is 0 Å². The van der Waals surface area contributed by atoms with E-state index in [1.54, 1.807) is 11.3 Å². The molecular formula is C17H16O2S2. The number of hydrogen-bond donors (Lipinski definition) is 0. The van der Waals surface area contributed by atoms with E-state index in [0.29, 0.717) is 0 Å². The Morgan fingerprint density at radius 3 is 3.05 bits per heavy atom. The molecule has 108 valence electrons. The van der Waals surface area contributed by atoms with Crippen LogP contribution in [-0.2, 0) is 18.6 Å². The van der Waals surface area contributed by atoms with E-state index >= 15 is 0 Å². The van der Waals surface area contributed by atoms with Crippen LogP contribution in [0.3, 0.4) is 0 Å². The van der Waals surface area contributed by atoms with Gasteiger partial charge in [-0.25, -0.2) is 0 Å². The van der Waals surface area contributed by atoms with Crippen molar-refractivity contribution >= 4 is 28.9 Å². The Labute approximate surface area is 132 Å². The molecule has 0 amide bonds. The number of hydrogen-bond acceptors (Lipinski definition) is 4. The smallest absolute Gasteiger partial charge is 0.202 e. The second-order valence-electron chi connectivity index (χ2n) is 5.65. The molecule has 0 spiro atoms. The Bertz CT molecular complexity index is 694. The zero-order valence-corrected chi connectivity index (χ0v) is 13.5. The van der Waals surface area contributed by atoms with E-state index in [4.69, 9.17) is 4.74 Å². The highest BCUT2D eigenvalue weighted by Crippen LogP contribution is 2.34. The van der Waals surface area contributed by atoms with Gasteiger partial charge in [0.05, 0.1) is 4.88 Å². The number of rotatable bonds is 2. The largest absolute Gasteiger partial charge is 0.490 e. The van der Waals surface area contributed by atoms with E-state index < -0.39 is 0 Å². The number of ether oxygens (including phenoxy) is 1. The normalized spacial score (nSPS) is 19.8. The van der Waals surface area contributed by atoms with Crippen molar-refractivity contribution < 1.29 is 9.53 Å². The molecule has 1 atom stereocenters. The van der Waals surface area contributed by atoms with Crippen molar-refractivity contribution in [3.63, 3.8) is 0 Å². The summed E-state index contributed by atoms with van der Waals surface area (Å²) in [6, 6.07) is 7.94. The van der Waals surface area contributed by atoms with Crippen LogP contribution in [0.4, 0.5) is 0 Å². The van der Waals surface area contributed by atoms with Crippen LogP contribution in [0, 0.1) is 0 Å². The topological polar surface area (TPSA) is 26.3 Å². The van der Waals surface area contributed by atoms with Gasteiger partial charge in [0.2, 0.25) is 5.78 Å². The van der Waals surface area contributed by atoms with Crippen LogP contribution in [-0.4, -0.2) is 17.6 Å². The van der Waals surface area contributed by atoms with Crippen molar-refractivity contribution in [3.8, 4) is 5.75 Å². The average molecular weight is 316 g/mol. The molecule has 1 unspecified atom stereocenters. The lowest BCUT2D eigenvalue weighted by molar-refractivity contribution is 0.104. The summed E-state index contributed by atoms with van der Waals surface area (Å²) in [6.45, 7) is 2.06. The Balaban J connectivity index is 1.66. The molecule has 21 heavy (non-hydrogen) atoms. The molecule has 2 nitrogen and oxygen atoms in total. The first-order valence-corrected chi connectivity index (χ1v) is 9.21. The molecule has 0 radical (unpaired) electrons. The zero-order chi connectivity index (χ0) is 14.4. The van der Waals surface area contributed by atoms with Gasteiger partial charge in [-0.3, -0.25) is 4.79 Å². The van der Waals surface area contributed by atoms with Gasteiger partial charge in [0.15, 0.2) is 0 Å². The summed E-state index contributed by atoms with van der Waals surface area (Å²) in [4.78, 5) is 15.0. The van der Waals surface area contributed by atoms with Crippen molar-refractivity contribution in [3.05, 3.63) is 50.7 Å². The second kappa shape index (κ2) is 5.18. The van der Waals surface area contributed by atoms with E-state index in [9.17, 15) is 4.79 Å². The molecule has 4 heteroatoms. The second-order valence-corrected chi connectivity index (χ2v) is 7.89. The molecule has 3 heterocycles. The van der Waals surface area contributed by atoms with E-state index in [-0.39, 0.29) is 11.9 Å². The van der Waals surface area contributed by atoms with Gasteiger partial charge in [-0.2, -0.15) is 11.8 Å². The first-order valence-electron chi connectivity index (χ1n) is 7.24. The summed E-state index contributed by atoms with van der Waals surface area (Å²) < 4.78 is 5.70. The third-order valence-electron chi connectivity index (χ3n) is 4.01. The lowest BCUT2D eigenvalue weighted by Crippen LogP contribution is -2.05. The first kappa shape index (κ1) is 13.4. The number of fused-ring (bicyclic) bond motifs is 2. The third kappa shape index (κ3) is 2.40. The summed E-state index contributed by atoms with van der Waals surface area (Å²) in [5.41, 5.74) is 3.31. The van der Waals surface area contributed by atoms with E-state index in [2.05, 4.69) is 13.0 Å². The monoisotopic (exact) mass is 316 g/mol. The number of ketones is 1. The minimum Gasteiger partial charge on any atom is -0.490 e. The fourth-order valence-electron chi connectivity index (χ4n) is 2.96. The lowest BCUT2D eigenvalue weighted by atomic mass is 10.0. The van der Waals surface area contributed by atoms with Crippen LogP contribution >= 0.6 is 23.1 Å². The van der Waals surface area contributed by atoms with Gasteiger partial charge in [0, 0.05) is 22.6 Å². The molecule has 0 aliphatic carbocycles. The molecule has 0 bridgehead atoms. The fraction of sp³-hybridized carbons (Fsp3) is 0.353. The minimum absolute atomic E-state index is 0.154. The van der Waals surface area contributed by atoms with E-state index in [1.165, 1.54) is 16.2 Å². The van der Waals surface area contributed by atoms with Crippen LogP contribution in [0.1, 0.15) is 38.2 Å². The van der Waals surface area contributed by atoms with Crippen molar-refractivity contribution in [2.24, 2.45) is 0 Å². The predicted octanol–water partition coefficient (Wildman–Crippen LogP) is 4.09. The predicted molar refractivity (Wildman–Crippen MR) is 87.9 cm³/mol. The molecule has 2 aromatic rings. The highest BCUT2D eigenvalue weighted by atomic mass is 32.2. The molecular weight excluding hydrogens is 300 g/mol. The van der Waals surface area contributed by atoms with Gasteiger partial charge in [0.1, 0.15) is 11.9 Å². The van der Waals surface area contributed by atoms with E-state index in [1.807, 2.05) is 30.0 Å². The number of thioether (sulfide) groups is 1. The van der Waals surface area contributed by atoms with E-state index in [0.717, 1.165) is 40.3 Å². The Morgan fingerprint density at radius 1 is 1.29 bits per heavy atom. The molecule has 0 saturated heterocycles. The number of thiophene rings is 1. The summed E-state index contributed by atoms with van der Waals surface area (Å²) >= 11 is 3.63. The molecule has 2 aliphatic rings. The van der Waals surface area contributed by atoms with Crippen molar-refractivity contribution in [2.75, 3.05) is 5.75 Å².